The van der Waals surface area contributed by atoms with Crippen LogP contribution in [0.2, 0.25) is 0 Å². The molecule has 30 heavy (non-hydrogen) atoms. The van der Waals surface area contributed by atoms with Crippen LogP contribution in [0.5, 0.6) is 17.2 Å². The minimum atomic E-state index is 0. The standard InChI is InChI=1S/C22H30N4O3.HI/c1-4-23-22(24-16-17-15-18(28-2)9-10-20(17)27)26-13-11-25(12-14-26)19-7-5-6-8-21(19)29-3;/h5-10,15,27H,4,11-14,16H2,1-3H3,(H,23,24);1H. The third-order valence-corrected chi connectivity index (χ3v) is 5.03. The van der Waals surface area contributed by atoms with Crippen LogP contribution in [-0.2, 0) is 6.54 Å². The molecule has 1 heterocycles. The molecule has 1 aliphatic rings. The molecule has 0 atom stereocenters. The molecule has 2 N–H and O–H groups in total. The highest BCUT2D eigenvalue weighted by atomic mass is 127. The number of phenolic OH excluding ortho intramolecular Hbond substituents is 1. The minimum Gasteiger partial charge on any atom is -0.508 e. The number of hydrogen-bond donors (Lipinski definition) is 2. The van der Waals surface area contributed by atoms with Crippen LogP contribution in [0.3, 0.4) is 0 Å². The number of para-hydroxylation sites is 2. The van der Waals surface area contributed by atoms with Gasteiger partial charge in [0.25, 0.3) is 0 Å². The molecule has 3 rings (SSSR count). The molecule has 0 aliphatic carbocycles. The number of nitrogens with zero attached hydrogens (tertiary/aromatic N) is 3. The van der Waals surface area contributed by atoms with Crippen molar-refractivity contribution in [3.8, 4) is 17.2 Å². The monoisotopic (exact) mass is 526 g/mol. The Bertz CT molecular complexity index is 839. The van der Waals surface area contributed by atoms with Crippen LogP contribution in [0.4, 0.5) is 5.69 Å². The van der Waals surface area contributed by atoms with Crippen LogP contribution < -0.4 is 19.7 Å². The lowest BCUT2D eigenvalue weighted by atomic mass is 10.2. The molecule has 7 nitrogen and oxygen atoms in total. The Morgan fingerprint density at radius 3 is 2.47 bits per heavy atom. The van der Waals surface area contributed by atoms with Gasteiger partial charge in [-0.1, -0.05) is 12.1 Å². The zero-order valence-electron chi connectivity index (χ0n) is 17.8. The summed E-state index contributed by atoms with van der Waals surface area (Å²) in [6, 6.07) is 13.3. The molecule has 1 saturated heterocycles. The molecule has 2 aromatic rings. The quantitative estimate of drug-likeness (QED) is 0.342. The second-order valence-electron chi connectivity index (χ2n) is 6.81. The lowest BCUT2D eigenvalue weighted by Gasteiger charge is -2.38. The van der Waals surface area contributed by atoms with Crippen molar-refractivity contribution in [1.82, 2.24) is 10.2 Å². The first-order valence-corrected chi connectivity index (χ1v) is 9.93. The highest BCUT2D eigenvalue weighted by molar-refractivity contribution is 14.0. The van der Waals surface area contributed by atoms with E-state index in [2.05, 4.69) is 28.1 Å². The van der Waals surface area contributed by atoms with E-state index in [-0.39, 0.29) is 29.7 Å². The van der Waals surface area contributed by atoms with Crippen LogP contribution in [0.1, 0.15) is 12.5 Å². The molecular weight excluding hydrogens is 495 g/mol. The number of aliphatic imine (C=N–C) groups is 1. The second kappa shape index (κ2) is 11.7. The normalized spacial score (nSPS) is 14.2. The van der Waals surface area contributed by atoms with Gasteiger partial charge in [-0.3, -0.25) is 0 Å². The van der Waals surface area contributed by atoms with E-state index in [0.717, 1.165) is 55.7 Å². The first-order valence-electron chi connectivity index (χ1n) is 9.93. The molecule has 0 aromatic heterocycles. The summed E-state index contributed by atoms with van der Waals surface area (Å²) >= 11 is 0. The Balaban J connectivity index is 0.00000320. The van der Waals surface area contributed by atoms with E-state index in [1.165, 1.54) is 0 Å². The first-order chi connectivity index (χ1) is 14.2. The Kier molecular flexibility index (Phi) is 9.35. The molecular formula is C22H31IN4O3. The van der Waals surface area contributed by atoms with Crippen molar-refractivity contribution in [2.75, 3.05) is 51.8 Å². The number of hydrogen-bond acceptors (Lipinski definition) is 5. The molecule has 1 fully saturated rings. The van der Waals surface area contributed by atoms with Gasteiger partial charge in [0, 0.05) is 38.3 Å². The average Bonchev–Trinajstić information content (AvgIpc) is 2.77. The number of anilines is 1. The van der Waals surface area contributed by atoms with Gasteiger partial charge in [-0.05, 0) is 37.3 Å². The van der Waals surface area contributed by atoms with Crippen molar-refractivity contribution in [3.05, 3.63) is 48.0 Å². The number of ether oxygens (including phenoxy) is 2. The Labute approximate surface area is 195 Å². The summed E-state index contributed by atoms with van der Waals surface area (Å²) in [5, 5.41) is 13.5. The maximum absolute atomic E-state index is 10.1. The van der Waals surface area contributed by atoms with Gasteiger partial charge in [0.15, 0.2) is 5.96 Å². The molecule has 2 aromatic carbocycles. The lowest BCUT2D eigenvalue weighted by molar-refractivity contribution is 0.367. The zero-order chi connectivity index (χ0) is 20.6. The summed E-state index contributed by atoms with van der Waals surface area (Å²) in [6.07, 6.45) is 0. The molecule has 164 valence electrons. The maximum Gasteiger partial charge on any atom is 0.194 e. The van der Waals surface area contributed by atoms with E-state index in [0.29, 0.717) is 12.3 Å². The Morgan fingerprint density at radius 2 is 1.80 bits per heavy atom. The molecule has 1 aliphatic heterocycles. The minimum absolute atomic E-state index is 0. The number of aromatic hydroxyl groups is 1. The van der Waals surface area contributed by atoms with Gasteiger partial charge in [0.1, 0.15) is 17.2 Å². The van der Waals surface area contributed by atoms with Crippen LogP contribution >= 0.6 is 24.0 Å². The van der Waals surface area contributed by atoms with Crippen molar-refractivity contribution in [2.45, 2.75) is 13.5 Å². The van der Waals surface area contributed by atoms with E-state index >= 15 is 0 Å². The van der Waals surface area contributed by atoms with E-state index in [4.69, 9.17) is 14.5 Å². The summed E-state index contributed by atoms with van der Waals surface area (Å²) in [4.78, 5) is 9.34. The van der Waals surface area contributed by atoms with Crippen molar-refractivity contribution < 1.29 is 14.6 Å². The van der Waals surface area contributed by atoms with E-state index in [1.54, 1.807) is 26.4 Å². The predicted octanol–water partition coefficient (Wildman–Crippen LogP) is 3.32. The van der Waals surface area contributed by atoms with E-state index < -0.39 is 0 Å². The van der Waals surface area contributed by atoms with Gasteiger partial charge in [0.2, 0.25) is 0 Å². The molecule has 0 amide bonds. The number of rotatable bonds is 6. The Morgan fingerprint density at radius 1 is 1.07 bits per heavy atom. The molecule has 0 saturated carbocycles. The summed E-state index contributed by atoms with van der Waals surface area (Å²) in [5.41, 5.74) is 1.87. The van der Waals surface area contributed by atoms with E-state index in [1.807, 2.05) is 24.3 Å². The third kappa shape index (κ3) is 5.84. The fourth-order valence-corrected chi connectivity index (χ4v) is 3.45. The second-order valence-corrected chi connectivity index (χ2v) is 6.81. The van der Waals surface area contributed by atoms with Crippen molar-refractivity contribution in [2.24, 2.45) is 4.99 Å². The van der Waals surface area contributed by atoms with Gasteiger partial charge in [-0.25, -0.2) is 4.99 Å². The largest absolute Gasteiger partial charge is 0.508 e. The molecule has 0 unspecified atom stereocenters. The fraction of sp³-hybridized carbons (Fsp3) is 0.409. The number of methoxy groups -OCH3 is 2. The van der Waals surface area contributed by atoms with Crippen LogP contribution in [0, 0.1) is 0 Å². The van der Waals surface area contributed by atoms with Crippen LogP contribution in [-0.4, -0.2) is 62.9 Å². The summed E-state index contributed by atoms with van der Waals surface area (Å²) in [5.74, 6) is 2.69. The van der Waals surface area contributed by atoms with Gasteiger partial charge < -0.3 is 29.7 Å². The maximum atomic E-state index is 10.1. The molecule has 0 bridgehead atoms. The smallest absolute Gasteiger partial charge is 0.194 e. The van der Waals surface area contributed by atoms with Crippen molar-refractivity contribution in [3.63, 3.8) is 0 Å². The van der Waals surface area contributed by atoms with Crippen LogP contribution in [0.25, 0.3) is 0 Å². The fourth-order valence-electron chi connectivity index (χ4n) is 3.45. The van der Waals surface area contributed by atoms with Gasteiger partial charge in [0.05, 0.1) is 26.5 Å². The third-order valence-electron chi connectivity index (χ3n) is 5.03. The average molecular weight is 526 g/mol. The summed E-state index contributed by atoms with van der Waals surface area (Å²) in [6.45, 7) is 6.71. The summed E-state index contributed by atoms with van der Waals surface area (Å²) in [7, 11) is 3.32. The zero-order valence-corrected chi connectivity index (χ0v) is 20.1. The van der Waals surface area contributed by atoms with Gasteiger partial charge in [-0.15, -0.1) is 24.0 Å². The number of phenols is 1. The van der Waals surface area contributed by atoms with Crippen LogP contribution in [0.15, 0.2) is 47.5 Å². The summed E-state index contributed by atoms with van der Waals surface area (Å²) < 4.78 is 10.8. The number of piperazine rings is 1. The number of halogens is 1. The van der Waals surface area contributed by atoms with Crippen molar-refractivity contribution in [1.29, 1.82) is 0 Å². The lowest BCUT2D eigenvalue weighted by Crippen LogP contribution is -2.52. The number of guanidine groups is 1. The highest BCUT2D eigenvalue weighted by Gasteiger charge is 2.21. The predicted molar refractivity (Wildman–Crippen MR) is 132 cm³/mol. The van der Waals surface area contributed by atoms with Gasteiger partial charge in [-0.2, -0.15) is 0 Å². The molecule has 8 heteroatoms. The molecule has 0 spiro atoms. The highest BCUT2D eigenvalue weighted by Crippen LogP contribution is 2.28. The Hall–Kier alpha value is -2.36. The SMILES string of the molecule is CCNC(=NCc1cc(OC)ccc1O)N1CCN(c2ccccc2OC)CC1.I. The molecule has 0 radical (unpaired) electrons. The number of benzene rings is 2. The first kappa shape index (κ1) is 23.9. The van der Waals surface area contributed by atoms with E-state index in [9.17, 15) is 5.11 Å². The topological polar surface area (TPSA) is 69.6 Å². The number of nitrogens with one attached hydrogen (secondary N) is 1. The van der Waals surface area contributed by atoms with Gasteiger partial charge >= 0.3 is 0 Å². The van der Waals surface area contributed by atoms with Crippen molar-refractivity contribution >= 4 is 35.6 Å².